The first-order valence-electron chi connectivity index (χ1n) is 11.4. The Bertz CT molecular complexity index is 1250. The number of methoxy groups -OCH3 is 4. The van der Waals surface area contributed by atoms with E-state index in [1.165, 1.54) is 52.7 Å². The predicted molar refractivity (Wildman–Crippen MR) is 132 cm³/mol. The van der Waals surface area contributed by atoms with Crippen molar-refractivity contribution in [1.29, 1.82) is 0 Å². The van der Waals surface area contributed by atoms with Crippen molar-refractivity contribution < 1.29 is 38.0 Å². The van der Waals surface area contributed by atoms with Crippen LogP contribution in [0, 0.1) is 0 Å². The molecule has 37 heavy (non-hydrogen) atoms. The van der Waals surface area contributed by atoms with Gasteiger partial charge in [0, 0.05) is 5.57 Å². The summed E-state index contributed by atoms with van der Waals surface area (Å²) < 4.78 is 31.7. The maximum absolute atomic E-state index is 12.8. The van der Waals surface area contributed by atoms with Gasteiger partial charge in [-0.05, 0) is 37.1 Å². The van der Waals surface area contributed by atoms with Gasteiger partial charge in [0.15, 0.2) is 5.90 Å². The van der Waals surface area contributed by atoms with Gasteiger partial charge in [0.05, 0.1) is 51.6 Å². The van der Waals surface area contributed by atoms with E-state index in [0.29, 0.717) is 36.6 Å². The Balaban J connectivity index is 1.78. The molecule has 1 aliphatic heterocycles. The highest BCUT2D eigenvalue weighted by molar-refractivity contribution is 6.02. The molecule has 0 bridgehead atoms. The molecule has 0 saturated heterocycles. The van der Waals surface area contributed by atoms with E-state index in [0.717, 1.165) is 5.57 Å². The zero-order valence-corrected chi connectivity index (χ0v) is 21.5. The van der Waals surface area contributed by atoms with Gasteiger partial charge in [-0.15, -0.1) is 0 Å². The first-order chi connectivity index (χ1) is 17.9. The maximum atomic E-state index is 12.8. The molecule has 12 heteroatoms. The van der Waals surface area contributed by atoms with Crippen molar-refractivity contribution in [2.45, 2.75) is 33.1 Å². The van der Waals surface area contributed by atoms with Crippen LogP contribution in [0.3, 0.4) is 0 Å². The lowest BCUT2D eigenvalue weighted by molar-refractivity contribution is 0.0702. The van der Waals surface area contributed by atoms with Gasteiger partial charge in [0.25, 0.3) is 0 Å². The Morgan fingerprint density at radius 1 is 0.757 bits per heavy atom. The number of hydrogen-bond acceptors (Lipinski definition) is 12. The quantitative estimate of drug-likeness (QED) is 0.483. The van der Waals surface area contributed by atoms with Crippen molar-refractivity contribution in [3.8, 4) is 17.8 Å². The Hall–Kier alpha value is -4.48. The molecular weight excluding hydrogens is 484 g/mol. The molecule has 0 amide bonds. The monoisotopic (exact) mass is 512 g/mol. The third-order valence-electron chi connectivity index (χ3n) is 5.31. The first kappa shape index (κ1) is 27.1. The zero-order valence-electron chi connectivity index (χ0n) is 21.5. The Morgan fingerprint density at radius 3 is 1.89 bits per heavy atom. The number of esters is 2. The summed E-state index contributed by atoms with van der Waals surface area (Å²) >= 11 is 0. The van der Waals surface area contributed by atoms with E-state index in [2.05, 4.69) is 20.0 Å². The summed E-state index contributed by atoms with van der Waals surface area (Å²) in [6, 6.07) is 5.47. The van der Waals surface area contributed by atoms with E-state index in [1.54, 1.807) is 0 Å². The molecule has 0 atom stereocenters. The Morgan fingerprint density at radius 2 is 1.38 bits per heavy atom. The van der Waals surface area contributed by atoms with E-state index in [9.17, 15) is 9.59 Å². The second-order valence-corrected chi connectivity index (χ2v) is 7.46. The van der Waals surface area contributed by atoms with E-state index < -0.39 is 11.9 Å². The number of ether oxygens (including phenoxy) is 6. The second kappa shape index (κ2) is 12.5. The van der Waals surface area contributed by atoms with Crippen LogP contribution in [0.4, 0.5) is 0 Å². The maximum Gasteiger partial charge on any atom is 0.345 e. The van der Waals surface area contributed by atoms with Gasteiger partial charge in [-0.3, -0.25) is 0 Å². The number of carbonyl (C=O) groups is 2. The van der Waals surface area contributed by atoms with Crippen molar-refractivity contribution in [2.24, 2.45) is 9.98 Å². The lowest BCUT2D eigenvalue weighted by atomic mass is 10.1. The molecule has 1 aliphatic rings. The number of aliphatic imine (C=N–C) groups is 2. The van der Waals surface area contributed by atoms with E-state index in [1.807, 2.05) is 13.8 Å². The molecule has 0 saturated carbocycles. The lowest BCUT2D eigenvalue weighted by Gasteiger charge is -2.12. The molecule has 1 aromatic carbocycles. The lowest BCUT2D eigenvalue weighted by Crippen LogP contribution is -2.15. The molecule has 2 aromatic rings. The van der Waals surface area contributed by atoms with Gasteiger partial charge < -0.3 is 28.4 Å². The molecule has 0 N–H and O–H groups in total. The molecule has 2 heterocycles. The van der Waals surface area contributed by atoms with E-state index in [4.69, 9.17) is 28.4 Å². The molecule has 1 aromatic heterocycles. The fourth-order valence-corrected chi connectivity index (χ4v) is 3.33. The minimum Gasteiger partial charge on any atom is -0.484 e. The Labute approximate surface area is 214 Å². The van der Waals surface area contributed by atoms with Crippen LogP contribution in [0.15, 0.2) is 45.7 Å². The molecule has 0 aliphatic carbocycles. The fraction of sp³-hybridized carbons (Fsp3) is 0.360. The van der Waals surface area contributed by atoms with Gasteiger partial charge in [-0.25, -0.2) is 9.59 Å². The number of carbonyl (C=O) groups excluding carboxylic acids is 2. The topological polar surface area (TPSA) is 140 Å². The summed E-state index contributed by atoms with van der Waals surface area (Å²) in [6.07, 6.45) is 1.49. The summed E-state index contributed by atoms with van der Waals surface area (Å²) in [7, 11) is 5.78. The highest BCUT2D eigenvalue weighted by atomic mass is 16.6. The normalized spacial score (nSPS) is 13.1. The third kappa shape index (κ3) is 6.40. The minimum atomic E-state index is -0.730. The largest absolute Gasteiger partial charge is 0.484 e. The molecule has 0 unspecified atom stereocenters. The summed E-state index contributed by atoms with van der Waals surface area (Å²) in [5, 5.41) is 0. The molecule has 0 spiro atoms. The van der Waals surface area contributed by atoms with Crippen LogP contribution in [0.1, 0.15) is 53.0 Å². The van der Waals surface area contributed by atoms with Crippen LogP contribution >= 0.6 is 0 Å². The molecule has 12 nitrogen and oxygen atoms in total. The summed E-state index contributed by atoms with van der Waals surface area (Å²) in [5.74, 6) is -0.518. The summed E-state index contributed by atoms with van der Waals surface area (Å²) in [5.41, 5.74) is 1.70. The van der Waals surface area contributed by atoms with Crippen molar-refractivity contribution in [2.75, 3.05) is 28.4 Å². The van der Waals surface area contributed by atoms with Crippen molar-refractivity contribution in [1.82, 2.24) is 9.97 Å². The second-order valence-electron chi connectivity index (χ2n) is 7.46. The van der Waals surface area contributed by atoms with E-state index in [-0.39, 0.29) is 34.9 Å². The van der Waals surface area contributed by atoms with Crippen LogP contribution in [-0.2, 0) is 20.6 Å². The van der Waals surface area contributed by atoms with Gasteiger partial charge in [0.2, 0.25) is 17.6 Å². The molecule has 0 fully saturated rings. The standard InChI is InChI=1S/C25H28N4O8/c1-7-14-13-18(32-3)26-25(27-19(14)33-4)37-23(31)16-11-9-15(10-12-16)22(30)36-21-17(8-2)20(34-5)28-24(29-21)35-6/h9-12H,7-8,13H2,1-6H3. The zero-order chi connectivity index (χ0) is 26.9. The molecule has 0 radical (unpaired) electrons. The van der Waals surface area contributed by atoms with Crippen LogP contribution in [-0.4, -0.2) is 62.3 Å². The molecular formula is C25H28N4O8. The summed E-state index contributed by atoms with van der Waals surface area (Å²) in [4.78, 5) is 42.1. The van der Waals surface area contributed by atoms with Crippen molar-refractivity contribution in [3.63, 3.8) is 0 Å². The third-order valence-corrected chi connectivity index (χ3v) is 5.31. The van der Waals surface area contributed by atoms with Crippen LogP contribution in [0.5, 0.6) is 17.8 Å². The smallest absolute Gasteiger partial charge is 0.345 e. The van der Waals surface area contributed by atoms with Gasteiger partial charge in [-0.2, -0.15) is 20.0 Å². The number of benzene rings is 1. The fourth-order valence-electron chi connectivity index (χ4n) is 3.33. The average molecular weight is 513 g/mol. The first-order valence-corrected chi connectivity index (χ1v) is 11.4. The average Bonchev–Trinajstić information content (AvgIpc) is 3.10. The number of hydrogen-bond donors (Lipinski definition) is 0. The van der Waals surface area contributed by atoms with Gasteiger partial charge in [0.1, 0.15) is 0 Å². The minimum absolute atomic E-state index is 0.00630. The Kier molecular flexibility index (Phi) is 9.14. The van der Waals surface area contributed by atoms with Gasteiger partial charge in [-0.1, -0.05) is 13.8 Å². The molecule has 3 rings (SSSR count). The number of amidine groups is 1. The van der Waals surface area contributed by atoms with Crippen LogP contribution < -0.4 is 14.2 Å². The molecule has 196 valence electrons. The van der Waals surface area contributed by atoms with Crippen molar-refractivity contribution >= 4 is 23.9 Å². The predicted octanol–water partition coefficient (Wildman–Crippen LogP) is 3.50. The van der Waals surface area contributed by atoms with E-state index >= 15 is 0 Å². The van der Waals surface area contributed by atoms with Crippen LogP contribution in [0.2, 0.25) is 0 Å². The highest BCUT2D eigenvalue weighted by Gasteiger charge is 2.22. The number of aromatic nitrogens is 2. The number of rotatable bonds is 8. The van der Waals surface area contributed by atoms with Gasteiger partial charge >= 0.3 is 24.0 Å². The van der Waals surface area contributed by atoms with Crippen LogP contribution in [0.25, 0.3) is 0 Å². The highest BCUT2D eigenvalue weighted by Crippen LogP contribution is 2.28. The SMILES string of the molecule is CCC1=C(OC)N=C(OC(=O)c2ccc(C(=O)Oc3nc(OC)nc(OC)c3CC)cc2)N=C(OC)C1. The van der Waals surface area contributed by atoms with Crippen molar-refractivity contribution in [3.05, 3.63) is 52.4 Å². The number of nitrogens with zero attached hydrogens (tertiary/aromatic N) is 4. The summed E-state index contributed by atoms with van der Waals surface area (Å²) in [6.45, 7) is 3.79.